The topological polar surface area (TPSA) is 17.1 Å². The third-order valence-corrected chi connectivity index (χ3v) is 3.70. The Bertz CT molecular complexity index is 520. The van der Waals surface area contributed by atoms with Gasteiger partial charge in [0, 0.05) is 4.47 Å². The first-order valence-corrected chi connectivity index (χ1v) is 6.28. The Labute approximate surface area is 110 Å². The smallest absolute Gasteiger partial charge is 0.131 e. The zero-order valence-electron chi connectivity index (χ0n) is 9.56. The van der Waals surface area contributed by atoms with Crippen LogP contribution in [0.25, 0.3) is 0 Å². The van der Waals surface area contributed by atoms with Gasteiger partial charge in [-0.15, -0.1) is 0 Å². The van der Waals surface area contributed by atoms with Gasteiger partial charge in [0.25, 0.3) is 0 Å². The van der Waals surface area contributed by atoms with E-state index in [2.05, 4.69) is 15.9 Å². The van der Waals surface area contributed by atoms with E-state index in [-0.39, 0.29) is 5.92 Å². The van der Waals surface area contributed by atoms with Gasteiger partial charge in [-0.2, -0.15) is 0 Å². The highest BCUT2D eigenvalue weighted by molar-refractivity contribution is 9.10. The Morgan fingerprint density at radius 3 is 2.35 bits per heavy atom. The van der Waals surface area contributed by atoms with Crippen LogP contribution in [-0.4, -0.2) is 6.29 Å². The Kier molecular flexibility index (Phi) is 3.75. The molecular weight excluding hydrogens is 276 g/mol. The lowest BCUT2D eigenvalue weighted by Gasteiger charge is -2.12. The minimum absolute atomic E-state index is 0.187. The molecule has 1 unspecified atom stereocenters. The third kappa shape index (κ3) is 2.64. The normalized spacial score (nSPS) is 12.1. The van der Waals surface area contributed by atoms with Crippen LogP contribution >= 0.6 is 15.9 Å². The number of hydrogen-bond acceptors (Lipinski definition) is 1. The average Bonchev–Trinajstić information content (AvgIpc) is 2.36. The summed E-state index contributed by atoms with van der Waals surface area (Å²) < 4.78 is 1.04. The van der Waals surface area contributed by atoms with Gasteiger partial charge in [0.1, 0.15) is 6.29 Å². The van der Waals surface area contributed by atoms with Crippen molar-refractivity contribution < 1.29 is 4.79 Å². The summed E-state index contributed by atoms with van der Waals surface area (Å²) in [6.07, 6.45) is 0.992. The molecule has 86 valence electrons. The Morgan fingerprint density at radius 2 is 1.76 bits per heavy atom. The summed E-state index contributed by atoms with van der Waals surface area (Å²) in [6, 6.07) is 15.9. The molecule has 0 N–H and O–H groups in total. The van der Waals surface area contributed by atoms with Crippen LogP contribution in [0.2, 0.25) is 0 Å². The Hall–Kier alpha value is -1.41. The fourth-order valence-corrected chi connectivity index (χ4v) is 2.21. The number of benzene rings is 2. The number of rotatable bonds is 3. The molecule has 1 atom stereocenters. The van der Waals surface area contributed by atoms with Crippen LogP contribution in [0.3, 0.4) is 0 Å². The molecule has 2 rings (SSSR count). The van der Waals surface area contributed by atoms with Crippen LogP contribution in [0.1, 0.15) is 22.6 Å². The van der Waals surface area contributed by atoms with Crippen molar-refractivity contribution in [1.29, 1.82) is 0 Å². The summed E-state index contributed by atoms with van der Waals surface area (Å²) in [5.41, 5.74) is 3.22. The first kappa shape index (κ1) is 12.1. The Balaban J connectivity index is 2.42. The highest BCUT2D eigenvalue weighted by Gasteiger charge is 2.13. The van der Waals surface area contributed by atoms with Crippen molar-refractivity contribution in [2.45, 2.75) is 12.8 Å². The number of carbonyl (C=O) groups excluding carboxylic acids is 1. The molecule has 0 bridgehead atoms. The molecule has 1 nitrogen and oxygen atoms in total. The second-order valence-electron chi connectivity index (χ2n) is 4.03. The van der Waals surface area contributed by atoms with Gasteiger partial charge in [-0.25, -0.2) is 0 Å². The first-order chi connectivity index (χ1) is 8.22. The number of carbonyl (C=O) groups is 1. The molecule has 2 aromatic carbocycles. The second kappa shape index (κ2) is 5.28. The number of aryl methyl sites for hydroxylation is 1. The quantitative estimate of drug-likeness (QED) is 0.778. The van der Waals surface area contributed by atoms with E-state index in [1.54, 1.807) is 0 Å². The molecule has 2 heteroatoms. The van der Waals surface area contributed by atoms with Gasteiger partial charge in [0.15, 0.2) is 0 Å². The SMILES string of the molecule is Cc1ccc(C(C=O)c2ccccc2)cc1Br. The van der Waals surface area contributed by atoms with Gasteiger partial charge in [-0.1, -0.05) is 58.4 Å². The largest absolute Gasteiger partial charge is 0.302 e. The molecule has 0 radical (unpaired) electrons. The van der Waals surface area contributed by atoms with Crippen LogP contribution in [0.15, 0.2) is 53.0 Å². The van der Waals surface area contributed by atoms with E-state index >= 15 is 0 Å². The standard InChI is InChI=1S/C15H13BrO/c1-11-7-8-13(9-15(11)16)14(10-17)12-5-3-2-4-6-12/h2-10,14H,1H3. The maximum atomic E-state index is 11.3. The van der Waals surface area contributed by atoms with Gasteiger partial charge < -0.3 is 4.79 Å². The van der Waals surface area contributed by atoms with Crippen molar-refractivity contribution >= 4 is 22.2 Å². The molecule has 0 heterocycles. The van der Waals surface area contributed by atoms with Crippen LogP contribution in [0.5, 0.6) is 0 Å². The van der Waals surface area contributed by atoms with Crippen molar-refractivity contribution in [3.05, 3.63) is 69.7 Å². The summed E-state index contributed by atoms with van der Waals surface area (Å²) in [5, 5.41) is 0. The van der Waals surface area contributed by atoms with Crippen molar-refractivity contribution in [2.75, 3.05) is 0 Å². The lowest BCUT2D eigenvalue weighted by Crippen LogP contribution is -2.02. The van der Waals surface area contributed by atoms with Crippen molar-refractivity contribution in [2.24, 2.45) is 0 Å². The molecule has 0 spiro atoms. The molecule has 0 aliphatic rings. The summed E-state index contributed by atoms with van der Waals surface area (Å²) in [6.45, 7) is 2.03. The number of aldehydes is 1. The molecule has 0 aromatic heterocycles. The lowest BCUT2D eigenvalue weighted by molar-refractivity contribution is -0.108. The fourth-order valence-electron chi connectivity index (χ4n) is 1.81. The molecule has 0 saturated carbocycles. The van der Waals surface area contributed by atoms with Crippen molar-refractivity contribution in [3.63, 3.8) is 0 Å². The Morgan fingerprint density at radius 1 is 1.06 bits per heavy atom. The first-order valence-electron chi connectivity index (χ1n) is 5.48. The van der Waals surface area contributed by atoms with E-state index in [4.69, 9.17) is 0 Å². The van der Waals surface area contributed by atoms with Crippen LogP contribution in [-0.2, 0) is 4.79 Å². The maximum Gasteiger partial charge on any atom is 0.131 e. The van der Waals surface area contributed by atoms with Gasteiger partial charge >= 0.3 is 0 Å². The minimum atomic E-state index is -0.187. The van der Waals surface area contributed by atoms with E-state index in [0.29, 0.717) is 0 Å². The molecule has 0 aliphatic carbocycles. The van der Waals surface area contributed by atoms with Gasteiger partial charge in [-0.3, -0.25) is 0 Å². The highest BCUT2D eigenvalue weighted by atomic mass is 79.9. The van der Waals surface area contributed by atoms with Gasteiger partial charge in [0.05, 0.1) is 5.92 Å². The van der Waals surface area contributed by atoms with E-state index in [0.717, 1.165) is 21.9 Å². The zero-order valence-corrected chi connectivity index (χ0v) is 11.1. The average molecular weight is 289 g/mol. The molecule has 0 aliphatic heterocycles. The molecule has 0 saturated heterocycles. The summed E-state index contributed by atoms with van der Waals surface area (Å²) in [4.78, 5) is 11.3. The van der Waals surface area contributed by atoms with Gasteiger partial charge in [-0.05, 0) is 29.7 Å². The fraction of sp³-hybridized carbons (Fsp3) is 0.133. The van der Waals surface area contributed by atoms with Gasteiger partial charge in [0.2, 0.25) is 0 Å². The minimum Gasteiger partial charge on any atom is -0.302 e. The van der Waals surface area contributed by atoms with E-state index < -0.39 is 0 Å². The molecule has 0 amide bonds. The maximum absolute atomic E-state index is 11.3. The van der Waals surface area contributed by atoms with E-state index in [1.165, 1.54) is 5.56 Å². The van der Waals surface area contributed by atoms with Crippen molar-refractivity contribution in [3.8, 4) is 0 Å². The highest BCUT2D eigenvalue weighted by Crippen LogP contribution is 2.26. The summed E-state index contributed by atoms with van der Waals surface area (Å²) >= 11 is 3.50. The van der Waals surface area contributed by atoms with Crippen LogP contribution in [0.4, 0.5) is 0 Å². The molecule has 17 heavy (non-hydrogen) atoms. The lowest BCUT2D eigenvalue weighted by atomic mass is 9.92. The monoisotopic (exact) mass is 288 g/mol. The van der Waals surface area contributed by atoms with Crippen molar-refractivity contribution in [1.82, 2.24) is 0 Å². The summed E-state index contributed by atoms with van der Waals surface area (Å²) in [5.74, 6) is -0.187. The predicted octanol–water partition coefficient (Wildman–Crippen LogP) is 4.09. The predicted molar refractivity (Wildman–Crippen MR) is 73.2 cm³/mol. The van der Waals surface area contributed by atoms with E-state index in [1.807, 2.05) is 55.5 Å². The number of hydrogen-bond donors (Lipinski definition) is 0. The summed E-state index contributed by atoms with van der Waals surface area (Å²) in [7, 11) is 0. The molecule has 2 aromatic rings. The molecular formula is C15H13BrO. The van der Waals surface area contributed by atoms with E-state index in [9.17, 15) is 4.79 Å². The zero-order chi connectivity index (χ0) is 12.3. The van der Waals surface area contributed by atoms with Crippen LogP contribution in [0, 0.1) is 6.92 Å². The molecule has 0 fully saturated rings. The number of halogens is 1. The van der Waals surface area contributed by atoms with Crippen LogP contribution < -0.4 is 0 Å². The third-order valence-electron chi connectivity index (χ3n) is 2.85. The second-order valence-corrected chi connectivity index (χ2v) is 4.89.